The average Bonchev–Trinajstić information content (AvgIpc) is 3.38. The number of ether oxygens (including phenoxy) is 2. The maximum Gasteiger partial charge on any atom is 0.235 e. The number of aliphatic imine (C=N–C) groups is 2. The van der Waals surface area contributed by atoms with E-state index in [4.69, 9.17) is 29.4 Å². The molecule has 0 saturated heterocycles. The highest BCUT2D eigenvalue weighted by Crippen LogP contribution is 2.29. The van der Waals surface area contributed by atoms with Gasteiger partial charge in [0, 0.05) is 0 Å². The molecule has 0 spiro atoms. The van der Waals surface area contributed by atoms with Gasteiger partial charge in [-0.1, -0.05) is 53.7 Å². The van der Waals surface area contributed by atoms with E-state index < -0.39 is 0 Å². The highest BCUT2D eigenvalue weighted by molar-refractivity contribution is 5.95. The molecule has 0 radical (unpaired) electrons. The van der Waals surface area contributed by atoms with Crippen LogP contribution in [0.15, 0.2) is 46.4 Å². The van der Waals surface area contributed by atoms with E-state index in [1.807, 2.05) is 36.4 Å². The monoisotopic (exact) mass is 406 g/mol. The normalized spacial score (nSPS) is 21.7. The standard InChI is InChI=1S/C24H30N4O2/c1-23(2,3)19-13-29-21(27-19)17-11-7-9-15(25-17)16-10-8-12-18(26-16)22-28-20(14-30-22)24(4,5)6/h7-12,19-20H,13-14H2,1-6H3/t19-,20-/m1/s1. The lowest BCUT2D eigenvalue weighted by molar-refractivity contribution is 0.235. The van der Waals surface area contributed by atoms with Crippen LogP contribution in [0.3, 0.4) is 0 Å². The van der Waals surface area contributed by atoms with Gasteiger partial charge in [-0.05, 0) is 35.1 Å². The smallest absolute Gasteiger partial charge is 0.235 e. The molecule has 2 aliphatic rings. The third kappa shape index (κ3) is 4.23. The van der Waals surface area contributed by atoms with E-state index in [2.05, 4.69) is 41.5 Å². The zero-order valence-corrected chi connectivity index (χ0v) is 18.6. The van der Waals surface area contributed by atoms with Crippen LogP contribution < -0.4 is 0 Å². The minimum Gasteiger partial charge on any atom is -0.474 e. The highest BCUT2D eigenvalue weighted by Gasteiger charge is 2.32. The van der Waals surface area contributed by atoms with E-state index in [1.54, 1.807) is 0 Å². The molecule has 6 nitrogen and oxygen atoms in total. The van der Waals surface area contributed by atoms with Gasteiger partial charge in [0.15, 0.2) is 0 Å². The Morgan fingerprint density at radius 3 is 1.33 bits per heavy atom. The summed E-state index contributed by atoms with van der Waals surface area (Å²) in [6.07, 6.45) is 0. The van der Waals surface area contributed by atoms with Crippen molar-refractivity contribution in [2.75, 3.05) is 13.2 Å². The Morgan fingerprint density at radius 2 is 1.00 bits per heavy atom. The van der Waals surface area contributed by atoms with E-state index in [0.29, 0.717) is 25.0 Å². The van der Waals surface area contributed by atoms with E-state index in [0.717, 1.165) is 22.8 Å². The summed E-state index contributed by atoms with van der Waals surface area (Å²) in [5.74, 6) is 1.20. The fourth-order valence-electron chi connectivity index (χ4n) is 3.31. The molecule has 158 valence electrons. The van der Waals surface area contributed by atoms with Crippen molar-refractivity contribution >= 4 is 11.8 Å². The van der Waals surface area contributed by atoms with Crippen molar-refractivity contribution < 1.29 is 9.47 Å². The summed E-state index contributed by atoms with van der Waals surface area (Å²) in [5.41, 5.74) is 3.11. The molecular formula is C24H30N4O2. The average molecular weight is 407 g/mol. The van der Waals surface area contributed by atoms with Crippen LogP contribution in [0.5, 0.6) is 0 Å². The van der Waals surface area contributed by atoms with Crippen LogP contribution in [0.2, 0.25) is 0 Å². The predicted octanol–water partition coefficient (Wildman–Crippen LogP) is 4.53. The molecule has 2 aromatic rings. The lowest BCUT2D eigenvalue weighted by Gasteiger charge is -2.21. The van der Waals surface area contributed by atoms with Crippen molar-refractivity contribution in [2.45, 2.75) is 53.6 Å². The number of aromatic nitrogens is 2. The SMILES string of the molecule is CC(C)(C)[C@H]1COC(c2cccc(-c3cccc(C4=N[C@@H](C(C)(C)C)CO4)n3)n2)=N1. The van der Waals surface area contributed by atoms with E-state index >= 15 is 0 Å². The summed E-state index contributed by atoms with van der Waals surface area (Å²) in [5, 5.41) is 0. The van der Waals surface area contributed by atoms with Crippen molar-refractivity contribution in [3.05, 3.63) is 47.8 Å². The quantitative estimate of drug-likeness (QED) is 0.751. The van der Waals surface area contributed by atoms with Crippen LogP contribution in [0.25, 0.3) is 11.4 Å². The fourth-order valence-corrected chi connectivity index (χ4v) is 3.31. The third-order valence-electron chi connectivity index (χ3n) is 5.50. The van der Waals surface area contributed by atoms with Gasteiger partial charge in [0.25, 0.3) is 0 Å². The molecule has 0 bridgehead atoms. The van der Waals surface area contributed by atoms with Gasteiger partial charge in [0.2, 0.25) is 11.8 Å². The van der Waals surface area contributed by atoms with Crippen LogP contribution >= 0.6 is 0 Å². The lowest BCUT2D eigenvalue weighted by atomic mass is 9.88. The zero-order chi connectivity index (χ0) is 21.5. The van der Waals surface area contributed by atoms with Crippen molar-refractivity contribution in [3.8, 4) is 11.4 Å². The fraction of sp³-hybridized carbons (Fsp3) is 0.500. The molecule has 0 amide bonds. The van der Waals surface area contributed by atoms with Crippen LogP contribution in [0.4, 0.5) is 0 Å². The second kappa shape index (κ2) is 7.49. The van der Waals surface area contributed by atoms with Crippen molar-refractivity contribution in [3.63, 3.8) is 0 Å². The molecule has 30 heavy (non-hydrogen) atoms. The lowest BCUT2D eigenvalue weighted by Crippen LogP contribution is -2.25. The maximum absolute atomic E-state index is 5.85. The molecule has 4 rings (SSSR count). The summed E-state index contributed by atoms with van der Waals surface area (Å²) in [7, 11) is 0. The third-order valence-corrected chi connectivity index (χ3v) is 5.50. The van der Waals surface area contributed by atoms with Crippen LogP contribution in [-0.2, 0) is 9.47 Å². The molecule has 2 aromatic heterocycles. The Balaban J connectivity index is 1.61. The summed E-state index contributed by atoms with van der Waals surface area (Å²) < 4.78 is 11.7. The summed E-state index contributed by atoms with van der Waals surface area (Å²) in [4.78, 5) is 19.0. The van der Waals surface area contributed by atoms with Crippen LogP contribution in [0, 0.1) is 10.8 Å². The second-order valence-electron chi connectivity index (χ2n) is 10.1. The molecule has 4 heterocycles. The Kier molecular flexibility index (Phi) is 5.12. The Labute approximate surface area is 178 Å². The second-order valence-corrected chi connectivity index (χ2v) is 10.1. The predicted molar refractivity (Wildman–Crippen MR) is 119 cm³/mol. The van der Waals surface area contributed by atoms with E-state index in [9.17, 15) is 0 Å². The molecule has 2 aliphatic heterocycles. The number of hydrogen-bond acceptors (Lipinski definition) is 6. The van der Waals surface area contributed by atoms with Gasteiger partial charge >= 0.3 is 0 Å². The van der Waals surface area contributed by atoms with Gasteiger partial charge in [-0.25, -0.2) is 20.0 Å². The highest BCUT2D eigenvalue weighted by atomic mass is 16.5. The molecular weight excluding hydrogens is 376 g/mol. The molecule has 0 saturated carbocycles. The summed E-state index contributed by atoms with van der Waals surface area (Å²) in [6.45, 7) is 14.2. The number of hydrogen-bond donors (Lipinski definition) is 0. The number of pyridine rings is 2. The Morgan fingerprint density at radius 1 is 0.633 bits per heavy atom. The first-order valence-corrected chi connectivity index (χ1v) is 10.5. The molecule has 0 aliphatic carbocycles. The maximum atomic E-state index is 5.85. The first-order valence-electron chi connectivity index (χ1n) is 10.5. The molecule has 6 heteroatoms. The largest absolute Gasteiger partial charge is 0.474 e. The van der Waals surface area contributed by atoms with Gasteiger partial charge in [-0.3, -0.25) is 0 Å². The van der Waals surface area contributed by atoms with E-state index in [-0.39, 0.29) is 22.9 Å². The topological polar surface area (TPSA) is 69.0 Å². The number of nitrogens with zero attached hydrogens (tertiary/aromatic N) is 4. The zero-order valence-electron chi connectivity index (χ0n) is 18.6. The molecule has 0 N–H and O–H groups in total. The van der Waals surface area contributed by atoms with E-state index in [1.165, 1.54) is 0 Å². The molecule has 2 atom stereocenters. The van der Waals surface area contributed by atoms with Gasteiger partial charge in [0.05, 0.1) is 23.5 Å². The van der Waals surface area contributed by atoms with Gasteiger partial charge in [-0.15, -0.1) is 0 Å². The van der Waals surface area contributed by atoms with Gasteiger partial charge in [0.1, 0.15) is 24.6 Å². The Hall–Kier alpha value is -2.76. The number of rotatable bonds is 3. The summed E-state index contributed by atoms with van der Waals surface area (Å²) in [6, 6.07) is 11.9. The minimum absolute atomic E-state index is 0.0577. The Bertz CT molecular complexity index is 917. The van der Waals surface area contributed by atoms with Crippen molar-refractivity contribution in [1.29, 1.82) is 0 Å². The molecule has 0 aromatic carbocycles. The minimum atomic E-state index is 0.0577. The van der Waals surface area contributed by atoms with Crippen LogP contribution in [-0.4, -0.2) is 47.1 Å². The van der Waals surface area contributed by atoms with Crippen molar-refractivity contribution in [1.82, 2.24) is 9.97 Å². The molecule has 0 unspecified atom stereocenters. The first-order chi connectivity index (χ1) is 14.1. The van der Waals surface area contributed by atoms with Gasteiger partial charge in [-0.2, -0.15) is 0 Å². The molecule has 0 fully saturated rings. The van der Waals surface area contributed by atoms with Crippen molar-refractivity contribution in [2.24, 2.45) is 20.8 Å². The van der Waals surface area contributed by atoms with Gasteiger partial charge < -0.3 is 9.47 Å². The summed E-state index contributed by atoms with van der Waals surface area (Å²) >= 11 is 0. The van der Waals surface area contributed by atoms with Crippen LogP contribution in [0.1, 0.15) is 52.9 Å². The first kappa shape index (κ1) is 20.5.